The van der Waals surface area contributed by atoms with Crippen LogP contribution >= 0.6 is 0 Å². The molecule has 0 aliphatic heterocycles. The SMILES string of the molecule is CCCn1nc(C(=O)NCCCOCC2CC2)ccc1=O. The largest absolute Gasteiger partial charge is 0.381 e. The Morgan fingerprint density at radius 3 is 3.00 bits per heavy atom. The van der Waals surface area contributed by atoms with Crippen LogP contribution in [0.5, 0.6) is 0 Å². The Bertz CT molecular complexity index is 523. The van der Waals surface area contributed by atoms with Crippen molar-refractivity contribution in [3.8, 4) is 0 Å². The van der Waals surface area contributed by atoms with Crippen LogP contribution < -0.4 is 10.9 Å². The van der Waals surface area contributed by atoms with Gasteiger partial charge in [-0.05, 0) is 37.7 Å². The summed E-state index contributed by atoms with van der Waals surface area (Å²) in [7, 11) is 0. The maximum Gasteiger partial charge on any atom is 0.271 e. The fraction of sp³-hybridized carbons (Fsp3) is 0.667. The highest BCUT2D eigenvalue weighted by Gasteiger charge is 2.20. The highest BCUT2D eigenvalue weighted by Crippen LogP contribution is 2.28. The Morgan fingerprint density at radius 2 is 2.29 bits per heavy atom. The lowest BCUT2D eigenvalue weighted by molar-refractivity contribution is 0.0930. The molecule has 6 nitrogen and oxygen atoms in total. The van der Waals surface area contributed by atoms with Crippen molar-refractivity contribution in [1.29, 1.82) is 0 Å². The Balaban J connectivity index is 1.71. The maximum atomic E-state index is 11.9. The van der Waals surface area contributed by atoms with Gasteiger partial charge in [-0.2, -0.15) is 5.10 Å². The quantitative estimate of drug-likeness (QED) is 0.694. The van der Waals surface area contributed by atoms with E-state index >= 15 is 0 Å². The molecule has 1 aromatic rings. The van der Waals surface area contributed by atoms with Crippen molar-refractivity contribution in [2.45, 2.75) is 39.2 Å². The van der Waals surface area contributed by atoms with Gasteiger partial charge in [0.05, 0.1) is 0 Å². The zero-order valence-electron chi connectivity index (χ0n) is 12.5. The number of amides is 1. The summed E-state index contributed by atoms with van der Waals surface area (Å²) in [6.07, 6.45) is 4.16. The average Bonchev–Trinajstić information content (AvgIpc) is 3.29. The van der Waals surface area contributed by atoms with Crippen molar-refractivity contribution in [2.75, 3.05) is 19.8 Å². The van der Waals surface area contributed by atoms with Crippen LogP contribution in [0.3, 0.4) is 0 Å². The van der Waals surface area contributed by atoms with Crippen LogP contribution in [-0.2, 0) is 11.3 Å². The number of ether oxygens (including phenoxy) is 1. The minimum absolute atomic E-state index is 0.179. The minimum atomic E-state index is -0.248. The van der Waals surface area contributed by atoms with Crippen molar-refractivity contribution < 1.29 is 9.53 Å². The number of nitrogens with zero attached hydrogens (tertiary/aromatic N) is 2. The standard InChI is InChI=1S/C15H23N3O3/c1-2-9-18-14(19)7-6-13(17-18)15(20)16-8-3-10-21-11-12-4-5-12/h6-7,12H,2-5,8-11H2,1H3,(H,16,20). The molecular formula is C15H23N3O3. The maximum absolute atomic E-state index is 11.9. The molecule has 6 heteroatoms. The number of aromatic nitrogens is 2. The van der Waals surface area contributed by atoms with E-state index in [0.717, 1.165) is 25.4 Å². The molecule has 0 radical (unpaired) electrons. The van der Waals surface area contributed by atoms with E-state index in [1.807, 2.05) is 6.92 Å². The Hall–Kier alpha value is -1.69. The van der Waals surface area contributed by atoms with E-state index in [9.17, 15) is 9.59 Å². The molecule has 21 heavy (non-hydrogen) atoms. The van der Waals surface area contributed by atoms with Crippen LogP contribution in [0.1, 0.15) is 43.1 Å². The van der Waals surface area contributed by atoms with Gasteiger partial charge in [0, 0.05) is 32.4 Å². The predicted octanol–water partition coefficient (Wildman–Crippen LogP) is 1.20. The Kier molecular flexibility index (Phi) is 5.92. The fourth-order valence-electron chi connectivity index (χ4n) is 1.94. The normalized spacial score (nSPS) is 14.1. The van der Waals surface area contributed by atoms with Gasteiger partial charge in [0.1, 0.15) is 5.69 Å². The van der Waals surface area contributed by atoms with Crippen LogP contribution in [0.25, 0.3) is 0 Å². The summed E-state index contributed by atoms with van der Waals surface area (Å²) in [4.78, 5) is 23.5. The number of carbonyl (C=O) groups is 1. The topological polar surface area (TPSA) is 73.2 Å². The van der Waals surface area contributed by atoms with E-state index in [-0.39, 0.29) is 17.2 Å². The molecule has 1 saturated carbocycles. The lowest BCUT2D eigenvalue weighted by atomic mass is 10.3. The molecule has 0 unspecified atom stereocenters. The molecule has 1 fully saturated rings. The van der Waals surface area contributed by atoms with E-state index < -0.39 is 0 Å². The van der Waals surface area contributed by atoms with Gasteiger partial charge in [-0.3, -0.25) is 9.59 Å². The first-order valence-corrected chi connectivity index (χ1v) is 7.65. The minimum Gasteiger partial charge on any atom is -0.381 e. The highest BCUT2D eigenvalue weighted by atomic mass is 16.5. The van der Waals surface area contributed by atoms with E-state index in [2.05, 4.69) is 10.4 Å². The van der Waals surface area contributed by atoms with E-state index in [0.29, 0.717) is 19.7 Å². The van der Waals surface area contributed by atoms with Gasteiger partial charge in [0.2, 0.25) is 0 Å². The average molecular weight is 293 g/mol. The number of carbonyl (C=O) groups excluding carboxylic acids is 1. The first kappa shape index (κ1) is 15.7. The lowest BCUT2D eigenvalue weighted by Crippen LogP contribution is -2.30. The molecular weight excluding hydrogens is 270 g/mol. The molecule has 1 aromatic heterocycles. The number of rotatable bonds is 9. The van der Waals surface area contributed by atoms with E-state index in [4.69, 9.17) is 4.74 Å². The van der Waals surface area contributed by atoms with Gasteiger partial charge in [-0.1, -0.05) is 6.92 Å². The molecule has 1 amide bonds. The van der Waals surface area contributed by atoms with Gasteiger partial charge in [-0.25, -0.2) is 4.68 Å². The van der Waals surface area contributed by atoms with Crippen molar-refractivity contribution in [3.63, 3.8) is 0 Å². The molecule has 0 atom stereocenters. The van der Waals surface area contributed by atoms with Crippen molar-refractivity contribution in [1.82, 2.24) is 15.1 Å². The van der Waals surface area contributed by atoms with Crippen LogP contribution in [0, 0.1) is 5.92 Å². The Morgan fingerprint density at radius 1 is 1.48 bits per heavy atom. The molecule has 1 aliphatic carbocycles. The second kappa shape index (κ2) is 7.93. The van der Waals surface area contributed by atoms with Crippen LogP contribution in [0.2, 0.25) is 0 Å². The van der Waals surface area contributed by atoms with Crippen molar-refractivity contribution >= 4 is 5.91 Å². The van der Waals surface area contributed by atoms with Crippen LogP contribution in [0.15, 0.2) is 16.9 Å². The van der Waals surface area contributed by atoms with Gasteiger partial charge >= 0.3 is 0 Å². The van der Waals surface area contributed by atoms with Gasteiger partial charge in [0.15, 0.2) is 0 Å². The van der Waals surface area contributed by atoms with Crippen LogP contribution in [0.4, 0.5) is 0 Å². The third-order valence-electron chi connectivity index (χ3n) is 3.34. The second-order valence-corrected chi connectivity index (χ2v) is 5.41. The smallest absolute Gasteiger partial charge is 0.271 e. The molecule has 2 rings (SSSR count). The molecule has 0 bridgehead atoms. The van der Waals surface area contributed by atoms with Crippen molar-refractivity contribution in [2.24, 2.45) is 5.92 Å². The zero-order chi connectivity index (χ0) is 15.1. The molecule has 0 aromatic carbocycles. The second-order valence-electron chi connectivity index (χ2n) is 5.41. The highest BCUT2D eigenvalue weighted by molar-refractivity contribution is 5.91. The molecule has 0 saturated heterocycles. The summed E-state index contributed by atoms with van der Waals surface area (Å²) >= 11 is 0. The zero-order valence-corrected chi connectivity index (χ0v) is 12.5. The van der Waals surface area contributed by atoms with Crippen molar-refractivity contribution in [3.05, 3.63) is 28.2 Å². The summed E-state index contributed by atoms with van der Waals surface area (Å²) in [5.41, 5.74) is 0.101. The summed E-state index contributed by atoms with van der Waals surface area (Å²) in [6, 6.07) is 2.85. The van der Waals surface area contributed by atoms with Gasteiger partial charge < -0.3 is 10.1 Å². The first-order chi connectivity index (χ1) is 10.2. The molecule has 1 heterocycles. The number of nitrogens with one attached hydrogen (secondary N) is 1. The number of hydrogen-bond acceptors (Lipinski definition) is 4. The summed E-state index contributed by atoms with van der Waals surface area (Å²) in [5.74, 6) is 0.519. The van der Waals surface area contributed by atoms with Crippen LogP contribution in [-0.4, -0.2) is 35.4 Å². The lowest BCUT2D eigenvalue weighted by Gasteiger charge is -2.07. The summed E-state index contributed by atoms with van der Waals surface area (Å²) < 4.78 is 6.83. The molecule has 1 N–H and O–H groups in total. The monoisotopic (exact) mass is 293 g/mol. The molecule has 1 aliphatic rings. The number of aryl methyl sites for hydroxylation is 1. The van der Waals surface area contributed by atoms with Gasteiger partial charge in [-0.15, -0.1) is 0 Å². The third-order valence-corrected chi connectivity index (χ3v) is 3.34. The summed E-state index contributed by atoms with van der Waals surface area (Å²) in [6.45, 7) is 4.55. The molecule has 0 spiro atoms. The predicted molar refractivity (Wildman–Crippen MR) is 79.3 cm³/mol. The van der Waals surface area contributed by atoms with E-state index in [1.54, 1.807) is 0 Å². The number of hydrogen-bond donors (Lipinski definition) is 1. The van der Waals surface area contributed by atoms with Gasteiger partial charge in [0.25, 0.3) is 11.5 Å². The fourth-order valence-corrected chi connectivity index (χ4v) is 1.94. The first-order valence-electron chi connectivity index (χ1n) is 7.65. The van der Waals surface area contributed by atoms with E-state index in [1.165, 1.54) is 29.7 Å². The summed E-state index contributed by atoms with van der Waals surface area (Å²) in [5, 5.41) is 6.86. The Labute approximate surface area is 124 Å². The molecule has 116 valence electrons. The third kappa shape index (κ3) is 5.30.